The van der Waals surface area contributed by atoms with Crippen molar-refractivity contribution in [1.82, 2.24) is 14.9 Å². The lowest BCUT2D eigenvalue weighted by Crippen LogP contribution is -2.39. The molecule has 0 saturated carbocycles. The number of unbranched alkanes of at least 4 members (excludes halogenated alkanes) is 1. The fourth-order valence-electron chi connectivity index (χ4n) is 6.49. The second-order valence-electron chi connectivity index (χ2n) is 13.2. The van der Waals surface area contributed by atoms with Crippen LogP contribution in [0, 0.1) is 11.7 Å². The highest BCUT2D eigenvalue weighted by Gasteiger charge is 2.47. The van der Waals surface area contributed by atoms with Crippen molar-refractivity contribution in [2.24, 2.45) is 5.92 Å². The van der Waals surface area contributed by atoms with Crippen LogP contribution in [0.1, 0.15) is 107 Å². The van der Waals surface area contributed by atoms with Crippen molar-refractivity contribution in [2.75, 3.05) is 31.6 Å². The van der Waals surface area contributed by atoms with Crippen LogP contribution in [-0.4, -0.2) is 58.6 Å². The van der Waals surface area contributed by atoms with Gasteiger partial charge in [-0.25, -0.2) is 22.9 Å². The van der Waals surface area contributed by atoms with Crippen molar-refractivity contribution < 1.29 is 27.4 Å². The molecular weight excluding hydrogens is 557 g/mol. The summed E-state index contributed by atoms with van der Waals surface area (Å²) < 4.78 is 57.4. The number of rotatable bonds is 10. The van der Waals surface area contributed by atoms with Gasteiger partial charge in [0.15, 0.2) is 0 Å². The highest BCUT2D eigenvalue weighted by molar-refractivity contribution is 5.78. The number of aromatic nitrogens is 2. The predicted molar refractivity (Wildman–Crippen MR) is 159 cm³/mol. The van der Waals surface area contributed by atoms with Crippen molar-refractivity contribution in [3.63, 3.8) is 0 Å². The molecular formula is C33H45F3N4O3. The van der Waals surface area contributed by atoms with Crippen molar-refractivity contribution in [2.45, 2.75) is 109 Å². The Balaban J connectivity index is 1.26. The molecule has 5 rings (SSSR count). The van der Waals surface area contributed by atoms with Crippen molar-refractivity contribution in [1.29, 1.82) is 0 Å². The van der Waals surface area contributed by atoms with E-state index < -0.39 is 35.3 Å². The van der Waals surface area contributed by atoms with Gasteiger partial charge in [-0.15, -0.1) is 0 Å². The Morgan fingerprint density at radius 3 is 2.79 bits per heavy atom. The van der Waals surface area contributed by atoms with Crippen LogP contribution in [0.3, 0.4) is 0 Å². The first-order chi connectivity index (χ1) is 20.5. The summed E-state index contributed by atoms with van der Waals surface area (Å²) in [7, 11) is 0. The molecule has 7 nitrogen and oxygen atoms in total. The van der Waals surface area contributed by atoms with E-state index in [4.69, 9.17) is 9.47 Å². The van der Waals surface area contributed by atoms with Gasteiger partial charge >= 0.3 is 5.97 Å². The van der Waals surface area contributed by atoms with Crippen LogP contribution in [0.25, 0.3) is 0 Å². The Morgan fingerprint density at radius 1 is 1.19 bits per heavy atom. The summed E-state index contributed by atoms with van der Waals surface area (Å²) in [6.45, 7) is 7.02. The highest BCUT2D eigenvalue weighted by atomic mass is 19.3. The largest absolute Gasteiger partial charge is 0.459 e. The molecule has 0 aromatic carbocycles. The van der Waals surface area contributed by atoms with Crippen LogP contribution in [-0.2, 0) is 27.1 Å². The lowest BCUT2D eigenvalue weighted by atomic mass is 9.94. The Hall–Kier alpha value is -2.72. The van der Waals surface area contributed by atoms with Gasteiger partial charge in [-0.05, 0) is 103 Å². The second kappa shape index (κ2) is 13.5. The maximum absolute atomic E-state index is 15.6. The molecule has 2 saturated heterocycles. The number of ether oxygens (including phenoxy) is 2. The smallest absolute Gasteiger partial charge is 0.328 e. The van der Waals surface area contributed by atoms with Crippen molar-refractivity contribution >= 4 is 11.8 Å². The van der Waals surface area contributed by atoms with Gasteiger partial charge in [-0.3, -0.25) is 9.88 Å². The first-order valence-corrected chi connectivity index (χ1v) is 15.8. The number of hydrogen-bond donors (Lipinski definition) is 1. The van der Waals surface area contributed by atoms with Gasteiger partial charge < -0.3 is 14.8 Å². The van der Waals surface area contributed by atoms with Gasteiger partial charge in [0.2, 0.25) is 0 Å². The average Bonchev–Trinajstić information content (AvgIpc) is 3.46. The molecule has 1 N–H and O–H groups in total. The quantitative estimate of drug-likeness (QED) is 0.233. The van der Waals surface area contributed by atoms with E-state index in [0.717, 1.165) is 49.9 Å². The van der Waals surface area contributed by atoms with E-state index in [1.807, 2.05) is 6.07 Å². The number of pyridine rings is 2. The molecule has 236 valence electrons. The van der Waals surface area contributed by atoms with Crippen molar-refractivity contribution in [3.8, 4) is 0 Å². The van der Waals surface area contributed by atoms with Gasteiger partial charge in [-0.1, -0.05) is 6.07 Å². The summed E-state index contributed by atoms with van der Waals surface area (Å²) in [4.78, 5) is 24.4. The number of carbonyl (C=O) groups excluding carboxylic acids is 1. The second-order valence-corrected chi connectivity index (χ2v) is 13.2. The summed E-state index contributed by atoms with van der Waals surface area (Å²) in [5.74, 6) is -4.07. The number of nitrogens with one attached hydrogen (secondary N) is 1. The maximum atomic E-state index is 15.6. The zero-order valence-corrected chi connectivity index (χ0v) is 25.6. The average molecular weight is 603 g/mol. The summed E-state index contributed by atoms with van der Waals surface area (Å²) >= 11 is 0. The number of anilines is 1. The first-order valence-electron chi connectivity index (χ1n) is 15.8. The van der Waals surface area contributed by atoms with Crippen LogP contribution < -0.4 is 5.32 Å². The lowest BCUT2D eigenvalue weighted by molar-refractivity contribution is -0.162. The number of fused-ring (bicyclic) bond motifs is 1. The Labute approximate surface area is 252 Å². The number of hydrogen-bond acceptors (Lipinski definition) is 7. The molecule has 43 heavy (non-hydrogen) atoms. The fraction of sp³-hybridized carbons (Fsp3) is 0.667. The van der Waals surface area contributed by atoms with Crippen LogP contribution in [0.4, 0.5) is 19.0 Å². The predicted octanol–water partition coefficient (Wildman–Crippen LogP) is 6.97. The molecule has 3 atom stereocenters. The standard InChI is InChI=1S/C33H45F3N4O3/c1-32(2,3)43-31(41)29(26-19-24(34)20-38-28(26)27-11-5-7-18-42-27)40-17-14-23(21-40)33(35,36)15-6-4-10-25-13-12-22-9-8-16-37-30(22)39-25/h12-13,19-20,23,27,29H,4-11,14-18,21H2,1-3H3,(H,37,39). The van der Waals surface area contributed by atoms with E-state index in [1.54, 1.807) is 25.7 Å². The van der Waals surface area contributed by atoms with Gasteiger partial charge in [0, 0.05) is 43.3 Å². The zero-order chi connectivity index (χ0) is 30.6. The molecule has 0 spiro atoms. The Morgan fingerprint density at radius 2 is 2.02 bits per heavy atom. The Bertz CT molecular complexity index is 1260. The van der Waals surface area contributed by atoms with Gasteiger partial charge in [-0.2, -0.15) is 0 Å². The summed E-state index contributed by atoms with van der Waals surface area (Å²) in [6, 6.07) is 4.34. The Kier molecular flexibility index (Phi) is 9.96. The molecule has 2 aromatic rings. The molecule has 2 aromatic heterocycles. The van der Waals surface area contributed by atoms with E-state index >= 15 is 8.78 Å². The molecule has 3 aliphatic rings. The first kappa shape index (κ1) is 31.7. The number of alkyl halides is 2. The van der Waals surface area contributed by atoms with E-state index in [9.17, 15) is 9.18 Å². The minimum Gasteiger partial charge on any atom is -0.459 e. The molecule has 5 heterocycles. The number of esters is 1. The minimum atomic E-state index is -2.90. The number of carbonyl (C=O) groups is 1. The van der Waals surface area contributed by atoms with Crippen LogP contribution >= 0.6 is 0 Å². The number of nitrogens with zero attached hydrogens (tertiary/aromatic N) is 3. The van der Waals surface area contributed by atoms with E-state index in [2.05, 4.69) is 21.4 Å². The summed E-state index contributed by atoms with van der Waals surface area (Å²) in [6.07, 6.45) is 7.07. The zero-order valence-electron chi connectivity index (χ0n) is 25.6. The van der Waals surface area contributed by atoms with E-state index in [0.29, 0.717) is 43.5 Å². The SMILES string of the molecule is CC(C)(C)OC(=O)C(c1cc(F)cnc1C1CCCCO1)N1CCC(C(F)(F)CCCCc2ccc3c(n2)NCCC3)C1. The fourth-order valence-corrected chi connectivity index (χ4v) is 6.49. The number of halogens is 3. The van der Waals surface area contributed by atoms with Gasteiger partial charge in [0.1, 0.15) is 23.3 Å². The van der Waals surface area contributed by atoms with Crippen LogP contribution in [0.2, 0.25) is 0 Å². The minimum absolute atomic E-state index is 0.0104. The monoisotopic (exact) mass is 602 g/mol. The summed E-state index contributed by atoms with van der Waals surface area (Å²) in [5.41, 5.74) is 2.16. The number of likely N-dealkylation sites (tertiary alicyclic amines) is 1. The molecule has 3 aliphatic heterocycles. The molecule has 0 amide bonds. The van der Waals surface area contributed by atoms with E-state index in [-0.39, 0.29) is 32.0 Å². The molecule has 10 heteroatoms. The molecule has 2 fully saturated rings. The van der Waals surface area contributed by atoms with Gasteiger partial charge in [0.25, 0.3) is 5.92 Å². The normalized spacial score (nSPS) is 22.1. The van der Waals surface area contributed by atoms with E-state index in [1.165, 1.54) is 11.6 Å². The van der Waals surface area contributed by atoms with Crippen LogP contribution in [0.15, 0.2) is 24.4 Å². The lowest BCUT2D eigenvalue weighted by Gasteiger charge is -2.33. The summed E-state index contributed by atoms with van der Waals surface area (Å²) in [5, 5.41) is 3.32. The third-order valence-electron chi connectivity index (χ3n) is 8.65. The topological polar surface area (TPSA) is 76.6 Å². The highest BCUT2D eigenvalue weighted by Crippen LogP contribution is 2.42. The molecule has 3 unspecified atom stereocenters. The maximum Gasteiger partial charge on any atom is 0.328 e. The molecule has 0 bridgehead atoms. The number of aryl methyl sites for hydroxylation is 2. The van der Waals surface area contributed by atoms with Gasteiger partial charge in [0.05, 0.1) is 18.0 Å². The third kappa shape index (κ3) is 8.06. The van der Waals surface area contributed by atoms with Crippen molar-refractivity contribution in [3.05, 3.63) is 52.7 Å². The molecule has 0 radical (unpaired) electrons. The third-order valence-corrected chi connectivity index (χ3v) is 8.65. The molecule has 0 aliphatic carbocycles. The van der Waals surface area contributed by atoms with Crippen LogP contribution in [0.5, 0.6) is 0 Å².